The van der Waals surface area contributed by atoms with Gasteiger partial charge in [0.15, 0.2) is 0 Å². The van der Waals surface area contributed by atoms with Crippen LogP contribution in [0.2, 0.25) is 0 Å². The molecule has 6 heteroatoms. The van der Waals surface area contributed by atoms with Crippen molar-refractivity contribution >= 4 is 23.3 Å². The van der Waals surface area contributed by atoms with Gasteiger partial charge in [0.05, 0.1) is 11.6 Å². The molecule has 4 rings (SSSR count). The third-order valence-electron chi connectivity index (χ3n) is 5.16. The van der Waals surface area contributed by atoms with Crippen molar-refractivity contribution in [2.75, 3.05) is 23.3 Å². The summed E-state index contributed by atoms with van der Waals surface area (Å²) in [6, 6.07) is 16.9. The summed E-state index contributed by atoms with van der Waals surface area (Å²) in [7, 11) is 0. The zero-order valence-electron chi connectivity index (χ0n) is 15.6. The summed E-state index contributed by atoms with van der Waals surface area (Å²) < 4.78 is 0. The molecule has 0 atom stereocenters. The molecule has 2 aliphatic rings. The molecule has 2 aromatic rings. The van der Waals surface area contributed by atoms with Crippen LogP contribution in [0.3, 0.4) is 0 Å². The van der Waals surface area contributed by atoms with Crippen molar-refractivity contribution in [3.63, 3.8) is 0 Å². The zero-order chi connectivity index (χ0) is 19.5. The third-order valence-corrected chi connectivity index (χ3v) is 5.16. The van der Waals surface area contributed by atoms with Crippen molar-refractivity contribution in [3.05, 3.63) is 59.7 Å². The van der Waals surface area contributed by atoms with Crippen LogP contribution in [-0.4, -0.2) is 29.9 Å². The number of hydrogen-bond donors (Lipinski definition) is 1. The maximum atomic E-state index is 12.9. The Balaban J connectivity index is 1.41. The van der Waals surface area contributed by atoms with Crippen LogP contribution in [0.5, 0.6) is 0 Å². The minimum Gasteiger partial charge on any atom is -0.326 e. The maximum Gasteiger partial charge on any atom is 0.324 e. The number of carbonyl (C=O) groups is 2. The van der Waals surface area contributed by atoms with Crippen LogP contribution in [-0.2, 0) is 11.3 Å². The molecule has 1 aliphatic heterocycles. The lowest BCUT2D eigenvalue weighted by Crippen LogP contribution is -2.49. The SMILES string of the molecule is N#Cc1ccc(CN2CCCN(c3ccc(NC(=O)C4CC4)cc3)C2=O)cc1. The van der Waals surface area contributed by atoms with Gasteiger partial charge in [0.2, 0.25) is 5.91 Å². The van der Waals surface area contributed by atoms with Gasteiger partial charge < -0.3 is 10.2 Å². The molecule has 0 bridgehead atoms. The first-order valence-corrected chi connectivity index (χ1v) is 9.60. The van der Waals surface area contributed by atoms with Gasteiger partial charge in [-0.25, -0.2) is 4.79 Å². The second-order valence-electron chi connectivity index (χ2n) is 7.33. The fraction of sp³-hybridized carbons (Fsp3) is 0.318. The number of rotatable bonds is 5. The monoisotopic (exact) mass is 374 g/mol. The summed E-state index contributed by atoms with van der Waals surface area (Å²) in [6.45, 7) is 1.91. The standard InChI is InChI=1S/C22H22N4O2/c23-14-16-2-4-17(5-3-16)15-25-12-1-13-26(22(25)28)20-10-8-19(9-11-20)24-21(27)18-6-7-18/h2-5,8-11,18H,1,6-7,12-13,15H2,(H,24,27). The van der Waals surface area contributed by atoms with Crippen molar-refractivity contribution in [1.82, 2.24) is 4.90 Å². The molecule has 2 fully saturated rings. The highest BCUT2D eigenvalue weighted by Gasteiger charge is 2.30. The van der Waals surface area contributed by atoms with Gasteiger partial charge in [-0.1, -0.05) is 12.1 Å². The number of anilines is 2. The summed E-state index contributed by atoms with van der Waals surface area (Å²) in [5.74, 6) is 0.245. The van der Waals surface area contributed by atoms with Gasteiger partial charge in [-0.05, 0) is 61.2 Å². The first-order valence-electron chi connectivity index (χ1n) is 9.60. The fourth-order valence-corrected chi connectivity index (χ4v) is 3.39. The Bertz CT molecular complexity index is 911. The van der Waals surface area contributed by atoms with Crippen molar-refractivity contribution in [3.8, 4) is 6.07 Å². The number of carbonyl (C=O) groups excluding carboxylic acids is 2. The van der Waals surface area contributed by atoms with E-state index in [1.54, 1.807) is 17.0 Å². The zero-order valence-corrected chi connectivity index (χ0v) is 15.6. The molecule has 142 valence electrons. The van der Waals surface area contributed by atoms with Crippen molar-refractivity contribution in [2.24, 2.45) is 5.92 Å². The largest absolute Gasteiger partial charge is 0.326 e. The van der Waals surface area contributed by atoms with E-state index >= 15 is 0 Å². The van der Waals surface area contributed by atoms with Crippen LogP contribution in [0.4, 0.5) is 16.2 Å². The van der Waals surface area contributed by atoms with E-state index in [1.165, 1.54) is 0 Å². The molecular weight excluding hydrogens is 352 g/mol. The maximum absolute atomic E-state index is 12.9. The van der Waals surface area contributed by atoms with E-state index in [4.69, 9.17) is 5.26 Å². The Kier molecular flexibility index (Phi) is 4.98. The Morgan fingerprint density at radius 3 is 2.43 bits per heavy atom. The topological polar surface area (TPSA) is 76.4 Å². The van der Waals surface area contributed by atoms with Crippen molar-refractivity contribution in [2.45, 2.75) is 25.8 Å². The van der Waals surface area contributed by atoms with Gasteiger partial charge in [-0.3, -0.25) is 9.69 Å². The number of nitrogens with zero attached hydrogens (tertiary/aromatic N) is 3. The van der Waals surface area contributed by atoms with Crippen molar-refractivity contribution in [1.29, 1.82) is 5.26 Å². The molecule has 3 amide bonds. The fourth-order valence-electron chi connectivity index (χ4n) is 3.39. The second-order valence-corrected chi connectivity index (χ2v) is 7.33. The lowest BCUT2D eigenvalue weighted by molar-refractivity contribution is -0.117. The van der Waals surface area contributed by atoms with E-state index in [0.717, 1.165) is 36.2 Å². The molecule has 0 spiro atoms. The van der Waals surface area contributed by atoms with Crippen LogP contribution in [0.15, 0.2) is 48.5 Å². The van der Waals surface area contributed by atoms with Gasteiger partial charge in [-0.2, -0.15) is 5.26 Å². The summed E-state index contributed by atoms with van der Waals surface area (Å²) in [5.41, 5.74) is 3.22. The minimum absolute atomic E-state index is 0.0228. The molecule has 0 aromatic heterocycles. The quantitative estimate of drug-likeness (QED) is 0.866. The van der Waals surface area contributed by atoms with Crippen LogP contribution >= 0.6 is 0 Å². The molecule has 2 aromatic carbocycles. The van der Waals surface area contributed by atoms with Crippen molar-refractivity contribution < 1.29 is 9.59 Å². The lowest BCUT2D eigenvalue weighted by atomic mass is 10.1. The van der Waals surface area contributed by atoms with Crippen LogP contribution in [0, 0.1) is 17.2 Å². The molecule has 1 N–H and O–H groups in total. The smallest absolute Gasteiger partial charge is 0.324 e. The first-order chi connectivity index (χ1) is 13.6. The van der Waals surface area contributed by atoms with Crippen LogP contribution in [0.25, 0.3) is 0 Å². The van der Waals surface area contributed by atoms with E-state index in [9.17, 15) is 9.59 Å². The molecule has 0 unspecified atom stereocenters. The van der Waals surface area contributed by atoms with Gasteiger partial charge >= 0.3 is 6.03 Å². The van der Waals surface area contributed by atoms with E-state index in [0.29, 0.717) is 25.2 Å². The highest BCUT2D eigenvalue weighted by molar-refractivity contribution is 5.95. The Labute approximate surface area is 164 Å². The second kappa shape index (κ2) is 7.73. The van der Waals surface area contributed by atoms with Gasteiger partial charge in [-0.15, -0.1) is 0 Å². The van der Waals surface area contributed by atoms with Crippen LogP contribution < -0.4 is 10.2 Å². The average Bonchev–Trinajstić information content (AvgIpc) is 3.56. The number of benzene rings is 2. The van der Waals surface area contributed by atoms with E-state index in [2.05, 4.69) is 11.4 Å². The highest BCUT2D eigenvalue weighted by atomic mass is 16.2. The van der Waals surface area contributed by atoms with E-state index in [-0.39, 0.29) is 17.9 Å². The molecule has 6 nitrogen and oxygen atoms in total. The Morgan fingerprint density at radius 1 is 1.07 bits per heavy atom. The summed E-state index contributed by atoms with van der Waals surface area (Å²) in [6.07, 6.45) is 2.84. The molecule has 0 radical (unpaired) electrons. The normalized spacial score (nSPS) is 16.6. The number of nitriles is 1. The van der Waals surface area contributed by atoms with Gasteiger partial charge in [0.25, 0.3) is 0 Å². The van der Waals surface area contributed by atoms with Gasteiger partial charge in [0, 0.05) is 36.9 Å². The van der Waals surface area contributed by atoms with E-state index in [1.807, 2.05) is 41.3 Å². The molecule has 1 saturated heterocycles. The summed E-state index contributed by atoms with van der Waals surface area (Å²) >= 11 is 0. The minimum atomic E-state index is -0.0228. The van der Waals surface area contributed by atoms with E-state index < -0.39 is 0 Å². The van der Waals surface area contributed by atoms with Crippen LogP contribution in [0.1, 0.15) is 30.4 Å². The third kappa shape index (κ3) is 3.99. The predicted molar refractivity (Wildman–Crippen MR) is 107 cm³/mol. The molecule has 1 heterocycles. The highest BCUT2D eigenvalue weighted by Crippen LogP contribution is 2.30. The molecule has 1 saturated carbocycles. The molecule has 1 aliphatic carbocycles. The summed E-state index contributed by atoms with van der Waals surface area (Å²) in [5, 5.41) is 11.8. The average molecular weight is 374 g/mol. The number of urea groups is 1. The Hall–Kier alpha value is -3.33. The predicted octanol–water partition coefficient (Wildman–Crippen LogP) is 3.74. The van der Waals surface area contributed by atoms with Gasteiger partial charge in [0.1, 0.15) is 0 Å². The summed E-state index contributed by atoms with van der Waals surface area (Å²) in [4.78, 5) is 28.4. The Morgan fingerprint density at radius 2 is 1.79 bits per heavy atom. The molecular formula is C22H22N4O2. The number of amides is 3. The molecule has 28 heavy (non-hydrogen) atoms. The first kappa shape index (κ1) is 18.1. The number of nitrogens with one attached hydrogen (secondary N) is 1. The number of hydrogen-bond acceptors (Lipinski definition) is 3. The lowest BCUT2D eigenvalue weighted by Gasteiger charge is -2.35.